The van der Waals surface area contributed by atoms with Gasteiger partial charge in [0.1, 0.15) is 27.3 Å². The van der Waals surface area contributed by atoms with Gasteiger partial charge >= 0.3 is 0 Å². The van der Waals surface area contributed by atoms with Crippen LogP contribution in [0.5, 0.6) is 11.5 Å². The van der Waals surface area contributed by atoms with Gasteiger partial charge in [-0.2, -0.15) is 0 Å². The number of rotatable bonds is 5. The van der Waals surface area contributed by atoms with Crippen molar-refractivity contribution in [1.29, 1.82) is 0 Å². The van der Waals surface area contributed by atoms with Gasteiger partial charge in [0.05, 0.1) is 12.0 Å². The Labute approximate surface area is 179 Å². The number of phenols is 1. The number of hydrogen-bond donors (Lipinski definition) is 1. The second kappa shape index (κ2) is 8.24. The lowest BCUT2D eigenvalue weighted by atomic mass is 10.1. The maximum atomic E-state index is 13.0. The number of thioether (sulfide) groups is 1. The Bertz CT molecular complexity index is 981. The first-order valence-corrected chi connectivity index (χ1v) is 11.0. The van der Waals surface area contributed by atoms with E-state index in [-0.39, 0.29) is 17.7 Å². The number of methoxy groups -OCH3 is 1. The molecule has 2 atom stereocenters. The van der Waals surface area contributed by atoms with E-state index < -0.39 is 0 Å². The quantitative estimate of drug-likeness (QED) is 0.504. The zero-order chi connectivity index (χ0) is 20.5. The molecule has 2 fully saturated rings. The van der Waals surface area contributed by atoms with Crippen LogP contribution < -0.4 is 4.74 Å². The minimum absolute atomic E-state index is 0.0290. The Balaban J connectivity index is 1.54. The van der Waals surface area contributed by atoms with Crippen LogP contribution in [0, 0.1) is 5.92 Å². The molecule has 2 aromatic rings. The monoisotopic (exact) mass is 429 g/mol. The SMILES string of the molecule is CCC1CCC(N2C(=O)/C(=C/c3ccc(-c4cc(O)cc(OC)c4)o3)SC2=S)C1. The Hall–Kier alpha value is -2.25. The van der Waals surface area contributed by atoms with E-state index in [1.165, 1.54) is 17.8 Å². The molecule has 1 N–H and O–H groups in total. The van der Waals surface area contributed by atoms with Gasteiger partial charge in [0.2, 0.25) is 0 Å². The second-order valence-corrected chi connectivity index (χ2v) is 9.09. The van der Waals surface area contributed by atoms with Crippen LogP contribution >= 0.6 is 24.0 Å². The minimum atomic E-state index is -0.0290. The summed E-state index contributed by atoms with van der Waals surface area (Å²) >= 11 is 6.84. The fourth-order valence-corrected chi connectivity index (χ4v) is 5.39. The number of nitrogens with zero attached hydrogens (tertiary/aromatic N) is 1. The van der Waals surface area contributed by atoms with Crippen LogP contribution in [0.3, 0.4) is 0 Å². The van der Waals surface area contributed by atoms with Gasteiger partial charge in [-0.05, 0) is 49.4 Å². The molecule has 0 spiro atoms. The van der Waals surface area contributed by atoms with Crippen molar-refractivity contribution in [2.24, 2.45) is 5.92 Å². The summed E-state index contributed by atoms with van der Waals surface area (Å²) in [6, 6.07) is 8.75. The van der Waals surface area contributed by atoms with E-state index in [1.807, 2.05) is 6.07 Å². The summed E-state index contributed by atoms with van der Waals surface area (Å²) in [5.41, 5.74) is 0.700. The molecule has 2 unspecified atom stereocenters. The summed E-state index contributed by atoms with van der Waals surface area (Å²) < 4.78 is 11.7. The van der Waals surface area contributed by atoms with Gasteiger partial charge in [-0.15, -0.1) is 0 Å². The van der Waals surface area contributed by atoms with Crippen molar-refractivity contribution < 1.29 is 19.1 Å². The van der Waals surface area contributed by atoms with Crippen LogP contribution in [-0.2, 0) is 4.79 Å². The smallest absolute Gasteiger partial charge is 0.266 e. The highest BCUT2D eigenvalue weighted by atomic mass is 32.2. The van der Waals surface area contributed by atoms with Crippen molar-refractivity contribution in [3.05, 3.63) is 41.0 Å². The number of phenolic OH excluding ortho intramolecular Hbond substituents is 1. The number of amides is 1. The molecule has 5 nitrogen and oxygen atoms in total. The third-order valence-corrected chi connectivity index (χ3v) is 6.92. The van der Waals surface area contributed by atoms with E-state index in [9.17, 15) is 9.90 Å². The lowest BCUT2D eigenvalue weighted by Crippen LogP contribution is -2.37. The Kier molecular flexibility index (Phi) is 5.69. The largest absolute Gasteiger partial charge is 0.508 e. The van der Waals surface area contributed by atoms with Crippen molar-refractivity contribution in [3.63, 3.8) is 0 Å². The molecule has 1 amide bonds. The number of carbonyl (C=O) groups is 1. The minimum Gasteiger partial charge on any atom is -0.508 e. The van der Waals surface area contributed by atoms with Gasteiger partial charge in [-0.25, -0.2) is 0 Å². The third-order valence-electron chi connectivity index (χ3n) is 5.59. The van der Waals surface area contributed by atoms with E-state index in [2.05, 4.69) is 6.92 Å². The van der Waals surface area contributed by atoms with Crippen molar-refractivity contribution in [2.45, 2.75) is 38.6 Å². The van der Waals surface area contributed by atoms with E-state index in [0.29, 0.717) is 38.0 Å². The highest BCUT2D eigenvalue weighted by molar-refractivity contribution is 8.26. The molecule has 1 aromatic heterocycles. The molecule has 0 bridgehead atoms. The summed E-state index contributed by atoms with van der Waals surface area (Å²) in [4.78, 5) is 15.3. The van der Waals surface area contributed by atoms with Crippen LogP contribution in [0.1, 0.15) is 38.4 Å². The average molecular weight is 430 g/mol. The van der Waals surface area contributed by atoms with E-state index in [0.717, 1.165) is 25.7 Å². The van der Waals surface area contributed by atoms with Crippen LogP contribution in [-0.4, -0.2) is 33.4 Å². The fourth-order valence-electron chi connectivity index (χ4n) is 4.01. The molecule has 1 saturated carbocycles. The predicted molar refractivity (Wildman–Crippen MR) is 119 cm³/mol. The van der Waals surface area contributed by atoms with E-state index in [4.69, 9.17) is 21.4 Å². The van der Waals surface area contributed by atoms with Crippen molar-refractivity contribution in [3.8, 4) is 22.8 Å². The van der Waals surface area contributed by atoms with Gasteiger partial charge in [0.25, 0.3) is 5.91 Å². The molecule has 2 heterocycles. The van der Waals surface area contributed by atoms with Gasteiger partial charge in [0.15, 0.2) is 0 Å². The maximum absolute atomic E-state index is 13.0. The fraction of sp³-hybridized carbons (Fsp3) is 0.364. The first-order valence-electron chi connectivity index (χ1n) is 9.73. The average Bonchev–Trinajstić information content (AvgIpc) is 3.41. The molecule has 2 aliphatic rings. The summed E-state index contributed by atoms with van der Waals surface area (Å²) in [5.74, 6) is 2.45. The maximum Gasteiger partial charge on any atom is 0.266 e. The first kappa shape index (κ1) is 20.0. The number of furan rings is 1. The number of aromatic hydroxyl groups is 1. The number of hydrogen-bond acceptors (Lipinski definition) is 6. The van der Waals surface area contributed by atoms with Crippen molar-refractivity contribution in [2.75, 3.05) is 7.11 Å². The van der Waals surface area contributed by atoms with Crippen molar-refractivity contribution in [1.82, 2.24) is 4.90 Å². The van der Waals surface area contributed by atoms with E-state index in [1.54, 1.807) is 36.3 Å². The number of carbonyl (C=O) groups excluding carboxylic acids is 1. The highest BCUT2D eigenvalue weighted by Crippen LogP contribution is 2.40. The van der Waals surface area contributed by atoms with Crippen molar-refractivity contribution >= 4 is 40.3 Å². The molecule has 1 aromatic carbocycles. The molecular weight excluding hydrogens is 406 g/mol. The van der Waals surface area contributed by atoms with Gasteiger partial charge in [-0.1, -0.05) is 37.3 Å². The van der Waals surface area contributed by atoms with Crippen LogP contribution in [0.15, 0.2) is 39.7 Å². The standard InChI is InChI=1S/C22H23NO4S2/c1-3-13-4-5-15(8-13)23-21(25)20(29-22(23)28)12-17-6-7-19(27-17)14-9-16(24)11-18(10-14)26-2/h6-7,9-13,15,24H,3-5,8H2,1-2H3/b20-12-. The molecule has 29 heavy (non-hydrogen) atoms. The molecule has 7 heteroatoms. The summed E-state index contributed by atoms with van der Waals surface area (Å²) in [7, 11) is 1.54. The van der Waals surface area contributed by atoms with Crippen LogP contribution in [0.2, 0.25) is 0 Å². The molecule has 0 radical (unpaired) electrons. The highest BCUT2D eigenvalue weighted by Gasteiger charge is 2.40. The molecule has 1 aliphatic carbocycles. The Morgan fingerprint density at radius 3 is 2.90 bits per heavy atom. The second-order valence-electron chi connectivity index (χ2n) is 7.41. The normalized spacial score (nSPS) is 23.4. The van der Waals surface area contributed by atoms with Gasteiger partial charge < -0.3 is 14.3 Å². The zero-order valence-electron chi connectivity index (χ0n) is 16.4. The summed E-state index contributed by atoms with van der Waals surface area (Å²) in [5, 5.41) is 9.85. The summed E-state index contributed by atoms with van der Waals surface area (Å²) in [6.07, 6.45) is 6.10. The third kappa shape index (κ3) is 4.07. The molecule has 152 valence electrons. The van der Waals surface area contributed by atoms with Crippen LogP contribution in [0.4, 0.5) is 0 Å². The van der Waals surface area contributed by atoms with Gasteiger partial charge in [0, 0.05) is 23.7 Å². The Morgan fingerprint density at radius 2 is 2.17 bits per heavy atom. The van der Waals surface area contributed by atoms with Gasteiger partial charge in [-0.3, -0.25) is 9.69 Å². The number of benzene rings is 1. The topological polar surface area (TPSA) is 62.9 Å². The lowest BCUT2D eigenvalue weighted by molar-refractivity contribution is -0.123. The molecule has 1 aliphatic heterocycles. The molecule has 1 saturated heterocycles. The summed E-state index contributed by atoms with van der Waals surface area (Å²) in [6.45, 7) is 2.20. The predicted octanol–water partition coefficient (Wildman–Crippen LogP) is 5.44. The van der Waals surface area contributed by atoms with E-state index >= 15 is 0 Å². The number of ether oxygens (including phenoxy) is 1. The Morgan fingerprint density at radius 1 is 1.34 bits per heavy atom. The van der Waals surface area contributed by atoms with Crippen LogP contribution in [0.25, 0.3) is 17.4 Å². The number of thiocarbonyl (C=S) groups is 1. The first-order chi connectivity index (χ1) is 14.0. The lowest BCUT2D eigenvalue weighted by Gasteiger charge is -2.22. The molecule has 4 rings (SSSR count). The zero-order valence-corrected chi connectivity index (χ0v) is 18.0. The molecular formula is C22H23NO4S2.